The number of carbonyl (C=O) groups is 2. The molecule has 3 fully saturated rings. The van der Waals surface area contributed by atoms with Crippen LogP contribution in [0.3, 0.4) is 0 Å². The van der Waals surface area contributed by atoms with Crippen LogP contribution in [0.4, 0.5) is 0 Å². The molecule has 0 aliphatic carbocycles. The molecule has 4 aliphatic heterocycles. The van der Waals surface area contributed by atoms with Gasteiger partial charge in [-0.1, -0.05) is 11.6 Å². The molecular formula is C18H26N2O3. The van der Waals surface area contributed by atoms with Crippen LogP contribution < -0.4 is 0 Å². The Bertz CT molecular complexity index is 558. The fourth-order valence-corrected chi connectivity index (χ4v) is 5.29. The van der Waals surface area contributed by atoms with E-state index >= 15 is 0 Å². The second kappa shape index (κ2) is 5.62. The van der Waals surface area contributed by atoms with E-state index in [1.165, 1.54) is 12.5 Å². The van der Waals surface area contributed by atoms with Crippen LogP contribution in [0, 0.1) is 0 Å². The molecule has 4 heterocycles. The van der Waals surface area contributed by atoms with Crippen molar-refractivity contribution >= 4 is 11.9 Å². The zero-order valence-corrected chi connectivity index (χ0v) is 14.0. The van der Waals surface area contributed by atoms with Gasteiger partial charge in [-0.3, -0.25) is 14.5 Å². The van der Waals surface area contributed by atoms with Gasteiger partial charge in [0.05, 0.1) is 12.2 Å². The molecule has 4 aliphatic rings. The minimum atomic E-state index is -0.203. The molecule has 5 nitrogen and oxygen atoms in total. The van der Waals surface area contributed by atoms with Crippen LogP contribution in [-0.2, 0) is 14.3 Å². The van der Waals surface area contributed by atoms with Crippen LogP contribution in [0.5, 0.6) is 0 Å². The average Bonchev–Trinajstić information content (AvgIpc) is 2.48. The Hall–Kier alpha value is -1.36. The number of nitrogens with zero attached hydrogens (tertiary/aromatic N) is 2. The van der Waals surface area contributed by atoms with Crippen LogP contribution in [-0.4, -0.2) is 52.1 Å². The van der Waals surface area contributed by atoms with Crippen molar-refractivity contribution in [3.63, 3.8) is 0 Å². The largest absolute Gasteiger partial charge is 0.461 e. The predicted molar refractivity (Wildman–Crippen MR) is 85.5 cm³/mol. The van der Waals surface area contributed by atoms with Gasteiger partial charge in [0, 0.05) is 25.4 Å². The summed E-state index contributed by atoms with van der Waals surface area (Å²) in [5.41, 5.74) is 1.39. The molecule has 5 atom stereocenters. The maximum atomic E-state index is 12.5. The quantitative estimate of drug-likeness (QED) is 0.549. The van der Waals surface area contributed by atoms with Gasteiger partial charge in [0.1, 0.15) is 6.10 Å². The summed E-state index contributed by atoms with van der Waals surface area (Å²) in [6.45, 7) is 3.67. The van der Waals surface area contributed by atoms with Crippen LogP contribution in [0.25, 0.3) is 0 Å². The second-order valence-corrected chi connectivity index (χ2v) is 7.60. The van der Waals surface area contributed by atoms with Crippen LogP contribution in [0.1, 0.15) is 58.8 Å². The molecule has 0 spiro atoms. The molecule has 0 aromatic carbocycles. The molecule has 0 radical (unpaired) electrons. The third-order valence-electron chi connectivity index (χ3n) is 6.01. The lowest BCUT2D eigenvalue weighted by Gasteiger charge is -2.60. The van der Waals surface area contributed by atoms with E-state index in [9.17, 15) is 9.59 Å². The number of hydrogen-bond acceptors (Lipinski definition) is 4. The molecule has 126 valence electrons. The molecule has 1 amide bonds. The van der Waals surface area contributed by atoms with Crippen molar-refractivity contribution in [1.29, 1.82) is 0 Å². The summed E-state index contributed by atoms with van der Waals surface area (Å²) >= 11 is 0. The van der Waals surface area contributed by atoms with Crippen molar-refractivity contribution in [3.8, 4) is 0 Å². The Morgan fingerprint density at radius 2 is 2.09 bits per heavy atom. The van der Waals surface area contributed by atoms with Gasteiger partial charge in [-0.15, -0.1) is 0 Å². The smallest absolute Gasteiger partial charge is 0.302 e. The summed E-state index contributed by atoms with van der Waals surface area (Å²) in [6.07, 6.45) is 9.18. The molecule has 3 saturated heterocycles. The highest BCUT2D eigenvalue weighted by atomic mass is 16.5. The Morgan fingerprint density at radius 3 is 2.87 bits per heavy atom. The topological polar surface area (TPSA) is 49.9 Å². The molecule has 5 heteroatoms. The zero-order valence-electron chi connectivity index (χ0n) is 14.0. The Kier molecular flexibility index (Phi) is 3.71. The van der Waals surface area contributed by atoms with E-state index in [2.05, 4.69) is 22.8 Å². The molecule has 0 bridgehead atoms. The standard InChI is InChI=1S/C18H26N2O3/c1-11-8-14-10-13-4-3-5-18(22)20(13)17-7-6-16(23-12(2)21)15(9-11)19(14)17/h9,13-17H,3-8,10H2,1-2H3. The molecule has 0 aromatic rings. The van der Waals surface area contributed by atoms with E-state index in [0.717, 1.165) is 38.5 Å². The summed E-state index contributed by atoms with van der Waals surface area (Å²) < 4.78 is 5.61. The van der Waals surface area contributed by atoms with Gasteiger partial charge in [0.25, 0.3) is 0 Å². The first kappa shape index (κ1) is 15.2. The number of carbonyl (C=O) groups excluding carboxylic acids is 2. The molecular weight excluding hydrogens is 292 g/mol. The van der Waals surface area contributed by atoms with Crippen molar-refractivity contribution in [1.82, 2.24) is 9.80 Å². The number of ether oxygens (including phenoxy) is 1. The number of piperidine rings is 2. The molecule has 23 heavy (non-hydrogen) atoms. The number of fused-ring (bicyclic) bond motifs is 2. The first-order valence-electron chi connectivity index (χ1n) is 8.97. The normalized spacial score (nSPS) is 40.1. The fraction of sp³-hybridized carbons (Fsp3) is 0.778. The first-order valence-corrected chi connectivity index (χ1v) is 8.97. The molecule has 0 aromatic heterocycles. The number of hydrogen-bond donors (Lipinski definition) is 0. The van der Waals surface area contributed by atoms with Gasteiger partial charge in [-0.25, -0.2) is 0 Å². The summed E-state index contributed by atoms with van der Waals surface area (Å²) in [7, 11) is 0. The fourth-order valence-electron chi connectivity index (χ4n) is 5.29. The second-order valence-electron chi connectivity index (χ2n) is 7.60. The lowest BCUT2D eigenvalue weighted by atomic mass is 9.79. The van der Waals surface area contributed by atoms with E-state index in [0.29, 0.717) is 24.4 Å². The highest BCUT2D eigenvalue weighted by Crippen LogP contribution is 2.43. The predicted octanol–water partition coefficient (Wildman–Crippen LogP) is 2.21. The van der Waals surface area contributed by atoms with Crippen molar-refractivity contribution < 1.29 is 14.3 Å². The molecule has 0 N–H and O–H groups in total. The van der Waals surface area contributed by atoms with E-state index < -0.39 is 0 Å². The van der Waals surface area contributed by atoms with E-state index in [4.69, 9.17) is 4.74 Å². The molecule has 5 unspecified atom stereocenters. The van der Waals surface area contributed by atoms with Gasteiger partial charge >= 0.3 is 5.97 Å². The maximum Gasteiger partial charge on any atom is 0.302 e. The highest BCUT2D eigenvalue weighted by Gasteiger charge is 2.52. The zero-order chi connectivity index (χ0) is 16.1. The third-order valence-corrected chi connectivity index (χ3v) is 6.01. The van der Waals surface area contributed by atoms with E-state index in [1.54, 1.807) is 0 Å². The lowest BCUT2D eigenvalue weighted by molar-refractivity contribution is -0.181. The van der Waals surface area contributed by atoms with Gasteiger partial charge in [-0.05, 0) is 45.4 Å². The lowest BCUT2D eigenvalue weighted by Crippen LogP contribution is -2.71. The minimum absolute atomic E-state index is 0.0713. The van der Waals surface area contributed by atoms with Gasteiger partial charge in [0.15, 0.2) is 0 Å². The average molecular weight is 318 g/mol. The minimum Gasteiger partial charge on any atom is -0.461 e. The van der Waals surface area contributed by atoms with Gasteiger partial charge < -0.3 is 9.64 Å². The maximum absolute atomic E-state index is 12.5. The highest BCUT2D eigenvalue weighted by molar-refractivity contribution is 5.78. The third kappa shape index (κ3) is 2.49. The van der Waals surface area contributed by atoms with E-state index in [1.807, 2.05) is 0 Å². The van der Waals surface area contributed by atoms with Gasteiger partial charge in [-0.2, -0.15) is 0 Å². The van der Waals surface area contributed by atoms with Gasteiger partial charge in [0.2, 0.25) is 5.91 Å². The first-order chi connectivity index (χ1) is 11.0. The SMILES string of the molecule is CC(=O)OC1CCC2N3C(=O)CCCC3CC3CC(C)=CC1N32. The van der Waals surface area contributed by atoms with Crippen molar-refractivity contribution in [2.45, 2.75) is 89.2 Å². The van der Waals surface area contributed by atoms with Crippen molar-refractivity contribution in [2.75, 3.05) is 0 Å². The molecule has 0 saturated carbocycles. The van der Waals surface area contributed by atoms with E-state index in [-0.39, 0.29) is 24.3 Å². The van der Waals surface area contributed by atoms with Crippen molar-refractivity contribution in [2.24, 2.45) is 0 Å². The summed E-state index contributed by atoms with van der Waals surface area (Å²) in [4.78, 5) is 28.7. The number of esters is 1. The number of amides is 1. The summed E-state index contributed by atoms with van der Waals surface area (Å²) in [5.74, 6) is 0.117. The molecule has 4 rings (SSSR count). The number of rotatable bonds is 1. The van der Waals surface area contributed by atoms with Crippen LogP contribution in [0.15, 0.2) is 11.6 Å². The van der Waals surface area contributed by atoms with Crippen LogP contribution in [0.2, 0.25) is 0 Å². The Labute approximate surface area is 137 Å². The monoisotopic (exact) mass is 318 g/mol. The van der Waals surface area contributed by atoms with Crippen molar-refractivity contribution in [3.05, 3.63) is 11.6 Å². The Morgan fingerprint density at radius 1 is 1.26 bits per heavy atom. The Balaban J connectivity index is 1.67. The van der Waals surface area contributed by atoms with Crippen LogP contribution >= 0.6 is 0 Å². The summed E-state index contributed by atoms with van der Waals surface area (Å²) in [6, 6.07) is 1.03. The summed E-state index contributed by atoms with van der Waals surface area (Å²) in [5, 5.41) is 0.